The molecule has 6 heteroatoms. The van der Waals surface area contributed by atoms with Gasteiger partial charge in [-0.2, -0.15) is 0 Å². The summed E-state index contributed by atoms with van der Waals surface area (Å²) in [6.45, 7) is 0. The minimum absolute atomic E-state index is 0.0764. The molecule has 100 valence electrons. The van der Waals surface area contributed by atoms with Crippen LogP contribution in [0.15, 0.2) is 53.4 Å². The van der Waals surface area contributed by atoms with Crippen LogP contribution in [0.4, 0.5) is 10.1 Å². The molecule has 20 heavy (non-hydrogen) atoms. The van der Waals surface area contributed by atoms with Crippen LogP contribution in [0.1, 0.15) is 0 Å². The molecular formula is C14H10FN3O2. The Hall–Kier alpha value is -2.89. The first-order valence-electron chi connectivity index (χ1n) is 5.81. The van der Waals surface area contributed by atoms with Crippen LogP contribution in [-0.4, -0.2) is 9.97 Å². The highest BCUT2D eigenvalue weighted by Crippen LogP contribution is 2.26. The van der Waals surface area contributed by atoms with Gasteiger partial charge in [0.15, 0.2) is 0 Å². The zero-order valence-electron chi connectivity index (χ0n) is 10.3. The van der Waals surface area contributed by atoms with Gasteiger partial charge in [0.1, 0.15) is 29.3 Å². The Morgan fingerprint density at radius 2 is 1.90 bits per heavy atom. The van der Waals surface area contributed by atoms with Crippen molar-refractivity contribution in [2.24, 2.45) is 0 Å². The van der Waals surface area contributed by atoms with Crippen LogP contribution < -0.4 is 10.5 Å². The lowest BCUT2D eigenvalue weighted by atomic mass is 10.3. The largest absolute Gasteiger partial charge is 0.457 e. The van der Waals surface area contributed by atoms with E-state index in [1.165, 1.54) is 24.6 Å². The number of pyridine rings is 1. The second-order valence-electron chi connectivity index (χ2n) is 4.00. The van der Waals surface area contributed by atoms with Crippen LogP contribution in [0.25, 0.3) is 11.6 Å². The summed E-state index contributed by atoms with van der Waals surface area (Å²) in [6, 6.07) is 7.56. The zero-order valence-corrected chi connectivity index (χ0v) is 10.3. The summed E-state index contributed by atoms with van der Waals surface area (Å²) >= 11 is 0. The van der Waals surface area contributed by atoms with E-state index in [0.29, 0.717) is 23.1 Å². The third kappa shape index (κ3) is 2.44. The van der Waals surface area contributed by atoms with E-state index in [1.54, 1.807) is 24.4 Å². The van der Waals surface area contributed by atoms with Gasteiger partial charge in [0, 0.05) is 18.3 Å². The monoisotopic (exact) mass is 271 g/mol. The Kier molecular flexibility index (Phi) is 3.04. The van der Waals surface area contributed by atoms with Crippen molar-refractivity contribution in [3.05, 3.63) is 54.8 Å². The number of benzene rings is 1. The van der Waals surface area contributed by atoms with Crippen molar-refractivity contribution in [1.82, 2.24) is 9.97 Å². The van der Waals surface area contributed by atoms with E-state index in [4.69, 9.17) is 14.9 Å². The lowest BCUT2D eigenvalue weighted by Gasteiger charge is -2.07. The fourth-order valence-corrected chi connectivity index (χ4v) is 1.65. The van der Waals surface area contributed by atoms with E-state index in [9.17, 15) is 4.39 Å². The van der Waals surface area contributed by atoms with Crippen molar-refractivity contribution in [2.45, 2.75) is 0 Å². The molecule has 5 nitrogen and oxygen atoms in total. The van der Waals surface area contributed by atoms with Gasteiger partial charge in [-0.1, -0.05) is 0 Å². The van der Waals surface area contributed by atoms with Crippen molar-refractivity contribution in [3.8, 4) is 23.1 Å². The molecule has 0 fully saturated rings. The molecule has 0 saturated heterocycles. The molecule has 0 saturated carbocycles. The molecule has 0 aliphatic carbocycles. The number of nitrogens with zero attached hydrogens (tertiary/aromatic N) is 2. The number of halogens is 1. The Morgan fingerprint density at radius 1 is 1.05 bits per heavy atom. The van der Waals surface area contributed by atoms with E-state index in [-0.39, 0.29) is 5.69 Å². The molecule has 0 bridgehead atoms. The van der Waals surface area contributed by atoms with Gasteiger partial charge in [-0.15, -0.1) is 0 Å². The quantitative estimate of drug-likeness (QED) is 0.740. The normalized spacial score (nSPS) is 10.4. The SMILES string of the molecule is Nc1ccc(Oc2ccnc(-c3ncco3)c2)cc1F. The lowest BCUT2D eigenvalue weighted by Crippen LogP contribution is -1.92. The van der Waals surface area contributed by atoms with Gasteiger partial charge in [0.05, 0.1) is 11.9 Å². The number of anilines is 1. The molecule has 0 spiro atoms. The fraction of sp³-hybridized carbons (Fsp3) is 0. The summed E-state index contributed by atoms with van der Waals surface area (Å²) in [7, 11) is 0. The van der Waals surface area contributed by atoms with Gasteiger partial charge in [-0.3, -0.25) is 4.98 Å². The second-order valence-corrected chi connectivity index (χ2v) is 4.00. The van der Waals surface area contributed by atoms with E-state index < -0.39 is 5.82 Å². The third-order valence-electron chi connectivity index (χ3n) is 2.59. The molecule has 2 aromatic heterocycles. The molecular weight excluding hydrogens is 261 g/mol. The van der Waals surface area contributed by atoms with Crippen molar-refractivity contribution < 1.29 is 13.5 Å². The third-order valence-corrected chi connectivity index (χ3v) is 2.59. The van der Waals surface area contributed by atoms with Crippen LogP contribution in [0, 0.1) is 5.82 Å². The summed E-state index contributed by atoms with van der Waals surface area (Å²) in [6.07, 6.45) is 4.54. The maximum absolute atomic E-state index is 13.3. The molecule has 3 aromatic rings. The smallest absolute Gasteiger partial charge is 0.245 e. The highest BCUT2D eigenvalue weighted by molar-refractivity contribution is 5.50. The number of hydrogen-bond acceptors (Lipinski definition) is 5. The predicted molar refractivity (Wildman–Crippen MR) is 70.6 cm³/mol. The first-order chi connectivity index (χ1) is 9.72. The minimum Gasteiger partial charge on any atom is -0.457 e. The maximum Gasteiger partial charge on any atom is 0.245 e. The number of nitrogens with two attached hydrogens (primary N) is 1. The van der Waals surface area contributed by atoms with Crippen molar-refractivity contribution in [3.63, 3.8) is 0 Å². The second kappa shape index (κ2) is 5.00. The van der Waals surface area contributed by atoms with E-state index >= 15 is 0 Å². The van der Waals surface area contributed by atoms with Crippen LogP contribution in [-0.2, 0) is 0 Å². The van der Waals surface area contributed by atoms with E-state index in [2.05, 4.69) is 9.97 Å². The first-order valence-corrected chi connectivity index (χ1v) is 5.81. The average molecular weight is 271 g/mol. The summed E-state index contributed by atoms with van der Waals surface area (Å²) in [5.74, 6) is 0.710. The fourth-order valence-electron chi connectivity index (χ4n) is 1.65. The van der Waals surface area contributed by atoms with Gasteiger partial charge in [0.25, 0.3) is 0 Å². The predicted octanol–water partition coefficient (Wildman–Crippen LogP) is 3.25. The lowest BCUT2D eigenvalue weighted by molar-refractivity contribution is 0.476. The van der Waals surface area contributed by atoms with Crippen molar-refractivity contribution in [2.75, 3.05) is 5.73 Å². The van der Waals surface area contributed by atoms with E-state index in [1.807, 2.05) is 0 Å². The van der Waals surface area contributed by atoms with Gasteiger partial charge >= 0.3 is 0 Å². The van der Waals surface area contributed by atoms with Gasteiger partial charge in [-0.05, 0) is 18.2 Å². The Balaban J connectivity index is 1.87. The molecule has 0 atom stereocenters. The molecule has 2 N–H and O–H groups in total. The van der Waals surface area contributed by atoms with Crippen LogP contribution in [0.5, 0.6) is 11.5 Å². The Bertz CT molecular complexity index is 729. The highest BCUT2D eigenvalue weighted by Gasteiger charge is 2.07. The highest BCUT2D eigenvalue weighted by atomic mass is 19.1. The standard InChI is InChI=1S/C14H10FN3O2/c15-11-7-9(1-2-12(11)16)20-10-3-4-17-13(8-10)14-18-5-6-19-14/h1-8H,16H2. The molecule has 2 heterocycles. The molecule has 0 aliphatic heterocycles. The summed E-state index contributed by atoms with van der Waals surface area (Å²) in [5, 5.41) is 0. The minimum atomic E-state index is -0.524. The number of aromatic nitrogens is 2. The molecule has 3 rings (SSSR count). The maximum atomic E-state index is 13.3. The van der Waals surface area contributed by atoms with Crippen molar-refractivity contribution >= 4 is 5.69 Å². The van der Waals surface area contributed by atoms with E-state index in [0.717, 1.165) is 0 Å². The average Bonchev–Trinajstić information content (AvgIpc) is 2.97. The summed E-state index contributed by atoms with van der Waals surface area (Å²) < 4.78 is 24.0. The van der Waals surface area contributed by atoms with Gasteiger partial charge in [-0.25, -0.2) is 9.37 Å². The molecule has 1 aromatic carbocycles. The summed E-state index contributed by atoms with van der Waals surface area (Å²) in [5.41, 5.74) is 6.02. The molecule has 0 unspecified atom stereocenters. The van der Waals surface area contributed by atoms with Gasteiger partial charge < -0.3 is 14.9 Å². The van der Waals surface area contributed by atoms with Crippen LogP contribution in [0.3, 0.4) is 0 Å². The Morgan fingerprint density at radius 3 is 2.65 bits per heavy atom. The zero-order chi connectivity index (χ0) is 13.9. The topological polar surface area (TPSA) is 74.2 Å². The number of hydrogen-bond donors (Lipinski definition) is 1. The summed E-state index contributed by atoms with van der Waals surface area (Å²) in [4.78, 5) is 8.12. The number of oxazole rings is 1. The molecule has 0 radical (unpaired) electrons. The van der Waals surface area contributed by atoms with Crippen LogP contribution >= 0.6 is 0 Å². The van der Waals surface area contributed by atoms with Crippen LogP contribution in [0.2, 0.25) is 0 Å². The molecule has 0 amide bonds. The number of rotatable bonds is 3. The van der Waals surface area contributed by atoms with Crippen molar-refractivity contribution in [1.29, 1.82) is 0 Å². The van der Waals surface area contributed by atoms with Gasteiger partial charge in [0.2, 0.25) is 5.89 Å². The Labute approximate surface area is 113 Å². The first kappa shape index (κ1) is 12.2. The number of ether oxygens (including phenoxy) is 1. The molecule has 0 aliphatic rings. The number of nitrogen functional groups attached to an aromatic ring is 1.